The first-order chi connectivity index (χ1) is 2.27. The van der Waals surface area contributed by atoms with Crippen molar-refractivity contribution in [3.63, 3.8) is 0 Å². The summed E-state index contributed by atoms with van der Waals surface area (Å²) in [6.07, 6.45) is 0. The van der Waals surface area contributed by atoms with Gasteiger partial charge in [0.2, 0.25) is 0 Å². The van der Waals surface area contributed by atoms with E-state index in [2.05, 4.69) is 10.7 Å². The first kappa shape index (κ1) is 9.41. The van der Waals surface area contributed by atoms with Crippen LogP contribution in [0.15, 0.2) is 0 Å². The molecule has 2 N–H and O–H groups in total. The summed E-state index contributed by atoms with van der Waals surface area (Å²) in [4.78, 5) is 13.1. The van der Waals surface area contributed by atoms with Gasteiger partial charge in [-0.3, -0.25) is 4.79 Å². The molecule has 0 aliphatic carbocycles. The van der Waals surface area contributed by atoms with Gasteiger partial charge in [-0.25, -0.2) is 0 Å². The van der Waals surface area contributed by atoms with Crippen molar-refractivity contribution in [3.05, 3.63) is 0 Å². The van der Waals surface area contributed by atoms with E-state index < -0.39 is 5.97 Å². The van der Waals surface area contributed by atoms with Crippen LogP contribution in [0.1, 0.15) is 6.92 Å². The van der Waals surface area contributed by atoms with Crippen LogP contribution < -0.4 is 5.90 Å². The van der Waals surface area contributed by atoms with Gasteiger partial charge >= 0.3 is 5.97 Å². The Hall–Kier alpha value is 0.0534. The van der Waals surface area contributed by atoms with Crippen LogP contribution >= 0.6 is 0 Å². The van der Waals surface area contributed by atoms with Crippen LogP contribution in [0.4, 0.5) is 0 Å². The van der Waals surface area contributed by atoms with E-state index >= 15 is 0 Å². The Morgan fingerprint density at radius 3 is 2.00 bits per heavy atom. The van der Waals surface area contributed by atoms with E-state index in [9.17, 15) is 4.79 Å². The maximum atomic E-state index is 9.47. The van der Waals surface area contributed by atoms with Gasteiger partial charge in [0, 0.05) is 26.4 Å². The van der Waals surface area contributed by atoms with Gasteiger partial charge in [-0.2, -0.15) is 5.90 Å². The molecule has 0 fully saturated rings. The predicted octanol–water partition coefficient (Wildman–Crippen LogP) is -0.579. The maximum absolute atomic E-state index is 9.47. The summed E-state index contributed by atoms with van der Waals surface area (Å²) >= 11 is 0. The Morgan fingerprint density at radius 2 is 2.00 bits per heavy atom. The fourth-order valence-electron chi connectivity index (χ4n) is 0. The Balaban J connectivity index is 0. The third-order valence-corrected chi connectivity index (χ3v) is 0.166. The fraction of sp³-hybridized carbons (Fsp3) is 0.500. The van der Waals surface area contributed by atoms with E-state index in [1.165, 1.54) is 6.92 Å². The number of nitrogens with two attached hydrogens (primary N) is 1. The van der Waals surface area contributed by atoms with E-state index in [0.29, 0.717) is 0 Å². The summed E-state index contributed by atoms with van der Waals surface area (Å²) in [6.45, 7) is 1.24. The van der Waals surface area contributed by atoms with Crippen LogP contribution in [0.25, 0.3) is 0 Å². The van der Waals surface area contributed by atoms with E-state index in [-0.39, 0.29) is 19.5 Å². The van der Waals surface area contributed by atoms with Crippen molar-refractivity contribution in [3.8, 4) is 0 Å². The van der Waals surface area contributed by atoms with Crippen LogP contribution in [-0.2, 0) is 29.1 Å². The van der Waals surface area contributed by atoms with Gasteiger partial charge in [-0.05, 0) is 0 Å². The largest absolute Gasteiger partial charge is 0.374 e. The van der Waals surface area contributed by atoms with Gasteiger partial charge in [-0.15, -0.1) is 0 Å². The molecule has 0 saturated heterocycles. The van der Waals surface area contributed by atoms with E-state index in [0.717, 1.165) is 0 Å². The minimum atomic E-state index is -0.468. The second kappa shape index (κ2) is 5.05. The molecule has 0 aromatic heterocycles. The fourth-order valence-corrected chi connectivity index (χ4v) is 0. The molecule has 0 bridgehead atoms. The molecule has 3 nitrogen and oxygen atoms in total. The molecule has 0 rings (SSSR count). The second-order valence-electron chi connectivity index (χ2n) is 0.609. The maximum Gasteiger partial charge on any atom is 0.321 e. The molecule has 4 heteroatoms. The van der Waals surface area contributed by atoms with Crippen molar-refractivity contribution in [2.24, 2.45) is 5.90 Å². The van der Waals surface area contributed by atoms with E-state index in [1.54, 1.807) is 0 Å². The zero-order chi connectivity index (χ0) is 4.28. The van der Waals surface area contributed by atoms with Crippen molar-refractivity contribution >= 4 is 5.97 Å². The van der Waals surface area contributed by atoms with Gasteiger partial charge in [-0.1, -0.05) is 0 Å². The normalized spacial score (nSPS) is 5.67. The Morgan fingerprint density at radius 1 is 1.83 bits per heavy atom. The molecule has 0 aliphatic rings. The van der Waals surface area contributed by atoms with Crippen molar-refractivity contribution in [2.75, 3.05) is 0 Å². The Kier molecular flexibility index (Phi) is 7.92. The Labute approximate surface area is 48.6 Å². The molecule has 0 aromatic carbocycles. The van der Waals surface area contributed by atoms with Gasteiger partial charge in [0.05, 0.1) is 0 Å². The van der Waals surface area contributed by atoms with Crippen molar-refractivity contribution in [1.29, 1.82) is 0 Å². The van der Waals surface area contributed by atoms with Gasteiger partial charge in [0.15, 0.2) is 0 Å². The quantitative estimate of drug-likeness (QED) is 0.397. The topological polar surface area (TPSA) is 52.3 Å². The van der Waals surface area contributed by atoms with Crippen molar-refractivity contribution in [2.45, 2.75) is 6.92 Å². The predicted molar refractivity (Wildman–Crippen MR) is 16.0 cm³/mol. The molecule has 0 saturated carbocycles. The molecule has 0 aliphatic heterocycles. The monoisotopic (exact) mass is 177 g/mol. The number of rotatable bonds is 0. The van der Waals surface area contributed by atoms with E-state index in [1.807, 2.05) is 0 Å². The summed E-state index contributed by atoms with van der Waals surface area (Å²) < 4.78 is 0. The average Bonchev–Trinajstić information content (AvgIpc) is 1.38. The number of carbonyl (C=O) groups excluding carboxylic acids is 1. The summed E-state index contributed by atoms with van der Waals surface area (Å²) in [5, 5.41) is 0. The molecular formula is C2H5NO2Ru. The number of carbonyl (C=O) groups is 1. The summed E-state index contributed by atoms with van der Waals surface area (Å²) in [5.74, 6) is 3.85. The van der Waals surface area contributed by atoms with Crippen molar-refractivity contribution in [1.82, 2.24) is 0 Å². The van der Waals surface area contributed by atoms with Crippen LogP contribution in [0, 0.1) is 0 Å². The average molecular weight is 176 g/mol. The summed E-state index contributed by atoms with van der Waals surface area (Å²) in [5.41, 5.74) is 0. The Bertz CT molecular complexity index is 46.8. The smallest absolute Gasteiger partial charge is 0.321 e. The van der Waals surface area contributed by atoms with Crippen LogP contribution in [-0.4, -0.2) is 5.97 Å². The first-order valence-corrected chi connectivity index (χ1v) is 1.14. The molecule has 0 heterocycles. The van der Waals surface area contributed by atoms with E-state index in [4.69, 9.17) is 0 Å². The third kappa shape index (κ3) is 8.96. The molecule has 0 spiro atoms. The second-order valence-corrected chi connectivity index (χ2v) is 0.609. The molecule has 0 atom stereocenters. The summed E-state index contributed by atoms with van der Waals surface area (Å²) in [7, 11) is 0. The van der Waals surface area contributed by atoms with Crippen LogP contribution in [0.2, 0.25) is 0 Å². The minimum Gasteiger partial charge on any atom is -0.374 e. The molecule has 0 amide bonds. The van der Waals surface area contributed by atoms with Gasteiger partial charge in [0.25, 0.3) is 0 Å². The third-order valence-electron chi connectivity index (χ3n) is 0.166. The van der Waals surface area contributed by atoms with Crippen LogP contribution in [0.3, 0.4) is 0 Å². The SMILES string of the molecule is CC(=O)ON.[Ru]. The standard InChI is InChI=1S/C2H5NO2.Ru/c1-2(4)5-3;/h3H2,1H3;. The molecule has 0 radical (unpaired) electrons. The first-order valence-electron chi connectivity index (χ1n) is 1.14. The molecule has 38 valence electrons. The molecule has 0 aromatic rings. The minimum absolute atomic E-state index is 0. The van der Waals surface area contributed by atoms with Gasteiger partial charge < -0.3 is 4.84 Å². The molecular weight excluding hydrogens is 171 g/mol. The van der Waals surface area contributed by atoms with Crippen LogP contribution in [0.5, 0.6) is 0 Å². The van der Waals surface area contributed by atoms with Crippen molar-refractivity contribution < 1.29 is 29.1 Å². The number of hydrogen-bond donors (Lipinski definition) is 1. The zero-order valence-electron chi connectivity index (χ0n) is 3.25. The molecule has 0 unspecified atom stereocenters. The molecule has 6 heavy (non-hydrogen) atoms. The summed E-state index contributed by atoms with van der Waals surface area (Å²) in [6, 6.07) is 0. The van der Waals surface area contributed by atoms with Gasteiger partial charge in [0.1, 0.15) is 0 Å². The number of hydrogen-bond acceptors (Lipinski definition) is 3. The zero-order valence-corrected chi connectivity index (χ0v) is 4.99.